The van der Waals surface area contributed by atoms with Crippen LogP contribution in [0.15, 0.2) is 6.20 Å². The van der Waals surface area contributed by atoms with Gasteiger partial charge in [-0.05, 0) is 19.3 Å². The molecule has 0 saturated carbocycles. The molecule has 0 saturated heterocycles. The Labute approximate surface area is 76.2 Å². The molecule has 0 aromatic carbocycles. The zero-order valence-corrected chi connectivity index (χ0v) is 7.29. The quantitative estimate of drug-likeness (QED) is 0.599. The van der Waals surface area contributed by atoms with Crippen LogP contribution < -0.4 is 5.73 Å². The summed E-state index contributed by atoms with van der Waals surface area (Å²) in [7, 11) is 0. The lowest BCUT2D eigenvalue weighted by Gasteiger charge is -2.02. The van der Waals surface area contributed by atoms with Crippen LogP contribution in [0.4, 0.5) is 5.95 Å². The molecule has 0 unspecified atom stereocenters. The second kappa shape index (κ2) is 3.12. The van der Waals surface area contributed by atoms with Crippen molar-refractivity contribution >= 4 is 11.7 Å². The minimum atomic E-state index is 0.146. The fourth-order valence-electron chi connectivity index (χ4n) is 1.57. The Hall–Kier alpha value is -1.45. The van der Waals surface area contributed by atoms with Crippen LogP contribution in [-0.2, 0) is 6.42 Å². The number of carbonyl (C=O) groups excluding carboxylic acids is 1. The molecule has 0 aliphatic heterocycles. The third-order valence-corrected chi connectivity index (χ3v) is 2.25. The van der Waals surface area contributed by atoms with Crippen LogP contribution in [-0.4, -0.2) is 15.8 Å². The van der Waals surface area contributed by atoms with Gasteiger partial charge in [0.1, 0.15) is 0 Å². The summed E-state index contributed by atoms with van der Waals surface area (Å²) in [5.41, 5.74) is 6.92. The highest BCUT2D eigenvalue weighted by Crippen LogP contribution is 2.18. The summed E-state index contributed by atoms with van der Waals surface area (Å²) < 4.78 is 0. The van der Waals surface area contributed by atoms with Gasteiger partial charge in [0.2, 0.25) is 5.95 Å². The lowest BCUT2D eigenvalue weighted by Crippen LogP contribution is -2.06. The van der Waals surface area contributed by atoms with E-state index in [0.29, 0.717) is 12.0 Å². The third kappa shape index (κ3) is 1.52. The Kier molecular flexibility index (Phi) is 1.96. The van der Waals surface area contributed by atoms with Gasteiger partial charge in [0.15, 0.2) is 5.78 Å². The fraction of sp³-hybridized carbons (Fsp3) is 0.444. The first-order valence-electron chi connectivity index (χ1n) is 4.42. The topological polar surface area (TPSA) is 68.9 Å². The van der Waals surface area contributed by atoms with E-state index in [1.165, 1.54) is 0 Å². The van der Waals surface area contributed by atoms with Gasteiger partial charge in [-0.2, -0.15) is 0 Å². The Morgan fingerprint density at radius 3 is 2.92 bits per heavy atom. The van der Waals surface area contributed by atoms with Crippen molar-refractivity contribution in [1.82, 2.24) is 9.97 Å². The molecule has 4 heteroatoms. The predicted octanol–water partition coefficient (Wildman–Crippen LogP) is 0.968. The first-order valence-corrected chi connectivity index (χ1v) is 4.42. The van der Waals surface area contributed by atoms with Crippen molar-refractivity contribution in [3.63, 3.8) is 0 Å². The van der Waals surface area contributed by atoms with E-state index < -0.39 is 0 Å². The number of aromatic nitrogens is 2. The predicted molar refractivity (Wildman–Crippen MR) is 48.3 cm³/mol. The summed E-state index contributed by atoms with van der Waals surface area (Å²) in [6.45, 7) is 0. The molecule has 0 spiro atoms. The highest BCUT2D eigenvalue weighted by molar-refractivity contribution is 5.97. The zero-order chi connectivity index (χ0) is 9.26. The molecule has 2 N–H and O–H groups in total. The van der Waals surface area contributed by atoms with Crippen molar-refractivity contribution in [1.29, 1.82) is 0 Å². The smallest absolute Gasteiger partial charge is 0.220 e. The number of anilines is 1. The minimum absolute atomic E-state index is 0.146. The summed E-state index contributed by atoms with van der Waals surface area (Å²) in [5.74, 6) is 0.404. The highest BCUT2D eigenvalue weighted by Gasteiger charge is 2.16. The molecule has 0 radical (unpaired) electrons. The molecule has 0 bridgehead atoms. The van der Waals surface area contributed by atoms with Crippen LogP contribution in [0.1, 0.15) is 35.3 Å². The molecule has 0 fully saturated rings. The number of carbonyl (C=O) groups is 1. The maximum atomic E-state index is 11.5. The van der Waals surface area contributed by atoms with Gasteiger partial charge in [0, 0.05) is 12.6 Å². The van der Waals surface area contributed by atoms with E-state index in [1.54, 1.807) is 6.20 Å². The van der Waals surface area contributed by atoms with Gasteiger partial charge in [-0.15, -0.1) is 0 Å². The van der Waals surface area contributed by atoms with E-state index >= 15 is 0 Å². The maximum Gasteiger partial charge on any atom is 0.220 e. The average Bonchev–Trinajstić information content (AvgIpc) is 2.28. The van der Waals surface area contributed by atoms with Crippen LogP contribution in [0.3, 0.4) is 0 Å². The summed E-state index contributed by atoms with van der Waals surface area (Å²) in [6.07, 6.45) is 4.95. The Balaban J connectivity index is 2.48. The monoisotopic (exact) mass is 177 g/mol. The summed E-state index contributed by atoms with van der Waals surface area (Å²) in [5, 5.41) is 0. The number of fused-ring (bicyclic) bond motifs is 1. The molecular weight excluding hydrogens is 166 g/mol. The zero-order valence-electron chi connectivity index (χ0n) is 7.29. The summed E-state index contributed by atoms with van der Waals surface area (Å²) in [6, 6.07) is 0. The van der Waals surface area contributed by atoms with Gasteiger partial charge in [-0.25, -0.2) is 9.97 Å². The van der Waals surface area contributed by atoms with Crippen molar-refractivity contribution in [3.05, 3.63) is 17.5 Å². The van der Waals surface area contributed by atoms with Gasteiger partial charge in [-0.3, -0.25) is 4.79 Å². The van der Waals surface area contributed by atoms with Crippen LogP contribution in [0.25, 0.3) is 0 Å². The van der Waals surface area contributed by atoms with Crippen LogP contribution in [0.5, 0.6) is 0 Å². The van der Waals surface area contributed by atoms with E-state index in [-0.39, 0.29) is 11.7 Å². The summed E-state index contributed by atoms with van der Waals surface area (Å²) in [4.78, 5) is 19.4. The molecule has 4 nitrogen and oxygen atoms in total. The molecule has 0 amide bonds. The number of aryl methyl sites for hydroxylation is 1. The van der Waals surface area contributed by atoms with E-state index in [4.69, 9.17) is 5.73 Å². The van der Waals surface area contributed by atoms with Gasteiger partial charge < -0.3 is 5.73 Å². The largest absolute Gasteiger partial charge is 0.368 e. The van der Waals surface area contributed by atoms with Crippen molar-refractivity contribution in [2.75, 3.05) is 5.73 Å². The normalized spacial score (nSPS) is 16.5. The number of hydrogen-bond acceptors (Lipinski definition) is 4. The van der Waals surface area contributed by atoms with Gasteiger partial charge in [0.25, 0.3) is 0 Å². The average molecular weight is 177 g/mol. The lowest BCUT2D eigenvalue weighted by molar-refractivity contribution is 0.0981. The molecule has 2 rings (SSSR count). The molecule has 1 aromatic rings. The number of nitrogens with two attached hydrogens (primary N) is 1. The van der Waals surface area contributed by atoms with E-state index in [9.17, 15) is 4.79 Å². The number of hydrogen-bond donors (Lipinski definition) is 1. The van der Waals surface area contributed by atoms with E-state index in [0.717, 1.165) is 25.0 Å². The molecule has 1 aromatic heterocycles. The minimum Gasteiger partial charge on any atom is -0.368 e. The number of nitrogen functional groups attached to an aromatic ring is 1. The Bertz CT molecular complexity index is 349. The van der Waals surface area contributed by atoms with Gasteiger partial charge in [0.05, 0.1) is 11.3 Å². The van der Waals surface area contributed by atoms with Gasteiger partial charge in [-0.1, -0.05) is 0 Å². The van der Waals surface area contributed by atoms with Crippen molar-refractivity contribution in [2.24, 2.45) is 0 Å². The SMILES string of the molecule is Nc1ncc2c(n1)CCCCC2=O. The molecule has 1 heterocycles. The molecule has 1 aliphatic rings. The maximum absolute atomic E-state index is 11.5. The standard InChI is InChI=1S/C9H11N3O/c10-9-11-5-6-7(12-9)3-1-2-4-8(6)13/h5H,1-4H2,(H2,10,11,12). The van der Waals surface area contributed by atoms with Crippen LogP contribution in [0, 0.1) is 0 Å². The molecule has 1 aliphatic carbocycles. The number of Topliss-reactive ketones (excluding diaryl/α,β-unsaturated/α-hetero) is 1. The second-order valence-corrected chi connectivity index (χ2v) is 3.22. The lowest BCUT2D eigenvalue weighted by atomic mass is 10.1. The molecule has 0 atom stereocenters. The molecular formula is C9H11N3O. The molecule has 13 heavy (non-hydrogen) atoms. The number of nitrogens with zero attached hydrogens (tertiary/aromatic N) is 2. The van der Waals surface area contributed by atoms with Crippen molar-refractivity contribution < 1.29 is 4.79 Å². The van der Waals surface area contributed by atoms with E-state index in [1.807, 2.05) is 0 Å². The first-order chi connectivity index (χ1) is 6.27. The van der Waals surface area contributed by atoms with Crippen LogP contribution in [0.2, 0.25) is 0 Å². The Morgan fingerprint density at radius 1 is 1.31 bits per heavy atom. The van der Waals surface area contributed by atoms with Crippen molar-refractivity contribution in [3.8, 4) is 0 Å². The fourth-order valence-corrected chi connectivity index (χ4v) is 1.57. The number of rotatable bonds is 0. The van der Waals surface area contributed by atoms with Gasteiger partial charge >= 0.3 is 0 Å². The Morgan fingerprint density at radius 2 is 2.08 bits per heavy atom. The highest BCUT2D eigenvalue weighted by atomic mass is 16.1. The summed E-state index contributed by atoms with van der Waals surface area (Å²) >= 11 is 0. The molecule has 68 valence electrons. The first kappa shape index (κ1) is 8.16. The second-order valence-electron chi connectivity index (χ2n) is 3.22. The van der Waals surface area contributed by atoms with Crippen LogP contribution >= 0.6 is 0 Å². The van der Waals surface area contributed by atoms with Crippen molar-refractivity contribution in [2.45, 2.75) is 25.7 Å². The third-order valence-electron chi connectivity index (χ3n) is 2.25. The number of ketones is 1. The van der Waals surface area contributed by atoms with E-state index in [2.05, 4.69) is 9.97 Å².